The summed E-state index contributed by atoms with van der Waals surface area (Å²) in [6.45, 7) is 4.38. The average Bonchev–Trinajstić information content (AvgIpc) is 2.38. The van der Waals surface area contributed by atoms with Crippen LogP contribution in [0.3, 0.4) is 0 Å². The summed E-state index contributed by atoms with van der Waals surface area (Å²) in [4.78, 5) is 12.0. The van der Waals surface area contributed by atoms with Crippen LogP contribution in [0.4, 0.5) is 0 Å². The topological polar surface area (TPSA) is 37.3 Å². The van der Waals surface area contributed by atoms with Gasteiger partial charge in [0.15, 0.2) is 0 Å². The van der Waals surface area contributed by atoms with E-state index >= 15 is 0 Å². The van der Waals surface area contributed by atoms with Crippen LogP contribution in [0.25, 0.3) is 0 Å². The number of benzene rings is 1. The van der Waals surface area contributed by atoms with Gasteiger partial charge in [0, 0.05) is 10.1 Å². The molecule has 1 N–H and O–H groups in total. The standard InChI is InChI=1S/C15H22O2S/c1-3-5-6-9-12(4-2)18-14-11-8-7-10-13(14)15(16)17/h7-8,10-12H,3-6,9H2,1-2H3,(H,16,17). The number of rotatable bonds is 8. The number of carboxylic acids is 1. The lowest BCUT2D eigenvalue weighted by Crippen LogP contribution is -2.04. The molecule has 2 nitrogen and oxygen atoms in total. The number of carboxylic acid groups (broad SMARTS) is 1. The lowest BCUT2D eigenvalue weighted by molar-refractivity contribution is 0.0693. The van der Waals surface area contributed by atoms with Gasteiger partial charge in [0.05, 0.1) is 5.56 Å². The summed E-state index contributed by atoms with van der Waals surface area (Å²) < 4.78 is 0. The van der Waals surface area contributed by atoms with Gasteiger partial charge in [0.1, 0.15) is 0 Å². The summed E-state index contributed by atoms with van der Waals surface area (Å²) in [6, 6.07) is 7.29. The molecule has 1 atom stereocenters. The SMILES string of the molecule is CCCCCC(CC)Sc1ccccc1C(=O)O. The summed E-state index contributed by atoms with van der Waals surface area (Å²) in [5.74, 6) is -0.832. The zero-order valence-corrected chi connectivity index (χ0v) is 12.0. The Labute approximate surface area is 114 Å². The number of hydrogen-bond acceptors (Lipinski definition) is 2. The summed E-state index contributed by atoms with van der Waals surface area (Å²) in [5.41, 5.74) is 0.427. The van der Waals surface area contributed by atoms with Crippen molar-refractivity contribution in [3.05, 3.63) is 29.8 Å². The second kappa shape index (κ2) is 8.20. The average molecular weight is 266 g/mol. The normalized spacial score (nSPS) is 12.3. The third-order valence-corrected chi connectivity index (χ3v) is 4.51. The van der Waals surface area contributed by atoms with Crippen LogP contribution in [0.15, 0.2) is 29.2 Å². The van der Waals surface area contributed by atoms with E-state index in [1.54, 1.807) is 23.9 Å². The highest BCUT2D eigenvalue weighted by molar-refractivity contribution is 8.00. The minimum Gasteiger partial charge on any atom is -0.478 e. The van der Waals surface area contributed by atoms with Gasteiger partial charge < -0.3 is 5.11 Å². The molecular formula is C15H22O2S. The molecule has 0 aliphatic heterocycles. The Hall–Kier alpha value is -0.960. The molecule has 1 unspecified atom stereocenters. The van der Waals surface area contributed by atoms with Gasteiger partial charge in [-0.1, -0.05) is 45.2 Å². The highest BCUT2D eigenvalue weighted by Crippen LogP contribution is 2.31. The van der Waals surface area contributed by atoms with Crippen molar-refractivity contribution in [2.75, 3.05) is 0 Å². The minimum absolute atomic E-state index is 0.427. The van der Waals surface area contributed by atoms with Crippen LogP contribution in [0.1, 0.15) is 56.3 Å². The second-order valence-electron chi connectivity index (χ2n) is 4.45. The van der Waals surface area contributed by atoms with Crippen molar-refractivity contribution in [3.8, 4) is 0 Å². The number of thioether (sulfide) groups is 1. The van der Waals surface area contributed by atoms with Crippen LogP contribution < -0.4 is 0 Å². The second-order valence-corrected chi connectivity index (χ2v) is 5.79. The minimum atomic E-state index is -0.832. The van der Waals surface area contributed by atoms with Crippen molar-refractivity contribution < 1.29 is 9.90 Å². The van der Waals surface area contributed by atoms with Crippen LogP contribution in [-0.2, 0) is 0 Å². The Balaban J connectivity index is 2.66. The lowest BCUT2D eigenvalue weighted by Gasteiger charge is -2.15. The van der Waals surface area contributed by atoms with Crippen LogP contribution in [-0.4, -0.2) is 16.3 Å². The molecule has 0 aliphatic carbocycles. The summed E-state index contributed by atoms with van der Waals surface area (Å²) in [5, 5.41) is 9.68. The van der Waals surface area contributed by atoms with E-state index < -0.39 is 5.97 Å². The Morgan fingerprint density at radius 1 is 1.28 bits per heavy atom. The van der Waals surface area contributed by atoms with Crippen LogP contribution in [0.5, 0.6) is 0 Å². The quantitative estimate of drug-likeness (QED) is 0.540. The predicted octanol–water partition coefficient (Wildman–Crippen LogP) is 4.84. The Morgan fingerprint density at radius 3 is 2.61 bits per heavy atom. The summed E-state index contributed by atoms with van der Waals surface area (Å²) in [6.07, 6.45) is 5.98. The van der Waals surface area contributed by atoms with Gasteiger partial charge in [0.2, 0.25) is 0 Å². The molecular weight excluding hydrogens is 244 g/mol. The first-order chi connectivity index (χ1) is 8.69. The van der Waals surface area contributed by atoms with E-state index in [0.29, 0.717) is 10.8 Å². The van der Waals surface area contributed by atoms with Crippen LogP contribution >= 0.6 is 11.8 Å². The van der Waals surface area contributed by atoms with E-state index in [1.807, 2.05) is 12.1 Å². The highest BCUT2D eigenvalue weighted by Gasteiger charge is 2.14. The maximum Gasteiger partial charge on any atom is 0.336 e. The smallest absolute Gasteiger partial charge is 0.336 e. The van der Waals surface area contributed by atoms with Crippen molar-refractivity contribution in [2.45, 2.75) is 56.1 Å². The Kier molecular flexibility index (Phi) is 6.88. The monoisotopic (exact) mass is 266 g/mol. The molecule has 0 aliphatic rings. The molecule has 0 spiro atoms. The molecule has 0 fully saturated rings. The molecule has 0 amide bonds. The molecule has 1 aromatic rings. The number of unbranched alkanes of at least 4 members (excludes halogenated alkanes) is 2. The van der Waals surface area contributed by atoms with Crippen molar-refractivity contribution in [3.63, 3.8) is 0 Å². The molecule has 0 bridgehead atoms. The van der Waals surface area contributed by atoms with E-state index in [0.717, 1.165) is 11.3 Å². The highest BCUT2D eigenvalue weighted by atomic mass is 32.2. The number of carbonyl (C=O) groups is 1. The molecule has 0 aromatic heterocycles. The first kappa shape index (κ1) is 15.1. The van der Waals surface area contributed by atoms with Gasteiger partial charge in [-0.2, -0.15) is 0 Å². The van der Waals surface area contributed by atoms with Crippen molar-refractivity contribution >= 4 is 17.7 Å². The largest absolute Gasteiger partial charge is 0.478 e. The maximum atomic E-state index is 11.1. The zero-order valence-electron chi connectivity index (χ0n) is 11.2. The van der Waals surface area contributed by atoms with Gasteiger partial charge in [0.25, 0.3) is 0 Å². The molecule has 0 saturated heterocycles. The van der Waals surface area contributed by atoms with E-state index in [2.05, 4.69) is 13.8 Å². The fourth-order valence-corrected chi connectivity index (χ4v) is 3.14. The van der Waals surface area contributed by atoms with Crippen LogP contribution in [0, 0.1) is 0 Å². The van der Waals surface area contributed by atoms with E-state index in [9.17, 15) is 4.79 Å². The molecule has 0 radical (unpaired) electrons. The van der Waals surface area contributed by atoms with Crippen molar-refractivity contribution in [1.82, 2.24) is 0 Å². The van der Waals surface area contributed by atoms with Gasteiger partial charge in [-0.3, -0.25) is 0 Å². The number of aromatic carboxylic acids is 1. The van der Waals surface area contributed by atoms with Crippen molar-refractivity contribution in [2.24, 2.45) is 0 Å². The molecule has 1 rings (SSSR count). The Bertz CT molecular complexity index is 377. The van der Waals surface area contributed by atoms with Crippen LogP contribution in [0.2, 0.25) is 0 Å². The molecule has 100 valence electrons. The fourth-order valence-electron chi connectivity index (χ4n) is 1.89. The number of hydrogen-bond donors (Lipinski definition) is 1. The van der Waals surface area contributed by atoms with Gasteiger partial charge >= 0.3 is 5.97 Å². The molecule has 1 aromatic carbocycles. The molecule has 0 saturated carbocycles. The molecule has 0 heterocycles. The van der Waals surface area contributed by atoms with Gasteiger partial charge in [-0.15, -0.1) is 11.8 Å². The summed E-state index contributed by atoms with van der Waals surface area (Å²) >= 11 is 1.71. The van der Waals surface area contributed by atoms with E-state index in [-0.39, 0.29) is 0 Å². The molecule has 3 heteroatoms. The third-order valence-electron chi connectivity index (χ3n) is 3.00. The van der Waals surface area contributed by atoms with Crippen molar-refractivity contribution in [1.29, 1.82) is 0 Å². The van der Waals surface area contributed by atoms with E-state index in [4.69, 9.17) is 5.11 Å². The predicted molar refractivity (Wildman–Crippen MR) is 77.5 cm³/mol. The zero-order chi connectivity index (χ0) is 13.4. The Morgan fingerprint density at radius 2 is 2.00 bits per heavy atom. The first-order valence-corrected chi connectivity index (χ1v) is 7.56. The first-order valence-electron chi connectivity index (χ1n) is 6.68. The van der Waals surface area contributed by atoms with Gasteiger partial charge in [-0.05, 0) is 25.0 Å². The fraction of sp³-hybridized carbons (Fsp3) is 0.533. The van der Waals surface area contributed by atoms with E-state index in [1.165, 1.54) is 25.7 Å². The molecule has 18 heavy (non-hydrogen) atoms. The third kappa shape index (κ3) is 4.73. The van der Waals surface area contributed by atoms with Gasteiger partial charge in [-0.25, -0.2) is 4.79 Å². The lowest BCUT2D eigenvalue weighted by atomic mass is 10.1. The maximum absolute atomic E-state index is 11.1. The summed E-state index contributed by atoms with van der Waals surface area (Å²) in [7, 11) is 0.